The van der Waals surface area contributed by atoms with Crippen molar-refractivity contribution in [1.29, 1.82) is 5.26 Å². The second-order valence-corrected chi connectivity index (χ2v) is 5.49. The van der Waals surface area contributed by atoms with Gasteiger partial charge in [0.25, 0.3) is 5.91 Å². The van der Waals surface area contributed by atoms with Crippen LogP contribution in [0.15, 0.2) is 24.3 Å². The number of hydrogen-bond donors (Lipinski definition) is 1. The van der Waals surface area contributed by atoms with Gasteiger partial charge < -0.3 is 10.1 Å². The van der Waals surface area contributed by atoms with Crippen LogP contribution >= 0.6 is 0 Å². The lowest BCUT2D eigenvalue weighted by molar-refractivity contribution is -0.124. The van der Waals surface area contributed by atoms with E-state index in [9.17, 15) is 9.59 Å². The van der Waals surface area contributed by atoms with Crippen molar-refractivity contribution in [2.75, 3.05) is 13.2 Å². The average molecular weight is 316 g/mol. The fourth-order valence-corrected chi connectivity index (χ4v) is 2.15. The van der Waals surface area contributed by atoms with Crippen molar-refractivity contribution in [3.05, 3.63) is 35.4 Å². The Balaban J connectivity index is 2.34. The third-order valence-electron chi connectivity index (χ3n) is 3.72. The number of unbranched alkanes of at least 4 members (excludes halogenated alkanes) is 1. The van der Waals surface area contributed by atoms with Crippen molar-refractivity contribution < 1.29 is 14.3 Å². The number of nitrogens with one attached hydrogen (secondary N) is 1. The fraction of sp³-hybridized carbons (Fsp3) is 0.500. The van der Waals surface area contributed by atoms with E-state index in [0.29, 0.717) is 23.6 Å². The topological polar surface area (TPSA) is 79.2 Å². The third-order valence-corrected chi connectivity index (χ3v) is 3.72. The predicted molar refractivity (Wildman–Crippen MR) is 87.8 cm³/mol. The molecule has 0 heterocycles. The van der Waals surface area contributed by atoms with Crippen LogP contribution in [0.2, 0.25) is 0 Å². The van der Waals surface area contributed by atoms with E-state index in [1.54, 1.807) is 0 Å². The number of rotatable bonds is 9. The van der Waals surface area contributed by atoms with Gasteiger partial charge in [-0.3, -0.25) is 4.79 Å². The van der Waals surface area contributed by atoms with E-state index in [1.807, 2.05) is 6.07 Å². The van der Waals surface area contributed by atoms with Crippen LogP contribution in [0.5, 0.6) is 0 Å². The molecule has 1 aromatic rings. The lowest BCUT2D eigenvalue weighted by atomic mass is 9.99. The maximum Gasteiger partial charge on any atom is 0.338 e. The van der Waals surface area contributed by atoms with Crippen molar-refractivity contribution in [3.63, 3.8) is 0 Å². The summed E-state index contributed by atoms with van der Waals surface area (Å²) in [6, 6.07) is 8.07. The van der Waals surface area contributed by atoms with Crippen LogP contribution in [-0.4, -0.2) is 25.0 Å². The Hall–Kier alpha value is -2.35. The van der Waals surface area contributed by atoms with Gasteiger partial charge in [0.2, 0.25) is 0 Å². The molecular weight excluding hydrogens is 292 g/mol. The number of nitrogens with zero attached hydrogens (tertiary/aromatic N) is 1. The minimum absolute atomic E-state index is 0.289. The molecule has 5 heteroatoms. The molecule has 0 aliphatic carbocycles. The molecule has 1 amide bonds. The number of carbonyl (C=O) groups is 2. The molecule has 0 unspecified atom stereocenters. The number of benzene rings is 1. The summed E-state index contributed by atoms with van der Waals surface area (Å²) in [7, 11) is 0. The summed E-state index contributed by atoms with van der Waals surface area (Å²) in [5.41, 5.74) is 0.795. The summed E-state index contributed by atoms with van der Waals surface area (Å²) in [5.74, 6) is -0.391. The van der Waals surface area contributed by atoms with E-state index in [2.05, 4.69) is 19.2 Å². The van der Waals surface area contributed by atoms with Crippen LogP contribution < -0.4 is 5.32 Å². The monoisotopic (exact) mass is 316 g/mol. The van der Waals surface area contributed by atoms with Crippen LogP contribution in [0.1, 0.15) is 55.5 Å². The third kappa shape index (κ3) is 6.96. The van der Waals surface area contributed by atoms with E-state index >= 15 is 0 Å². The van der Waals surface area contributed by atoms with Gasteiger partial charge in [-0.25, -0.2) is 4.79 Å². The van der Waals surface area contributed by atoms with Gasteiger partial charge in [-0.15, -0.1) is 0 Å². The van der Waals surface area contributed by atoms with Gasteiger partial charge >= 0.3 is 5.97 Å². The molecule has 0 aliphatic rings. The minimum atomic E-state index is -0.567. The van der Waals surface area contributed by atoms with Crippen molar-refractivity contribution in [1.82, 2.24) is 5.32 Å². The molecule has 0 radical (unpaired) electrons. The van der Waals surface area contributed by atoms with Gasteiger partial charge in [-0.2, -0.15) is 5.26 Å². The summed E-state index contributed by atoms with van der Waals surface area (Å²) in [4.78, 5) is 23.5. The number of hydrogen-bond acceptors (Lipinski definition) is 4. The summed E-state index contributed by atoms with van der Waals surface area (Å²) >= 11 is 0. The predicted octanol–water partition coefficient (Wildman–Crippen LogP) is 3.05. The largest absolute Gasteiger partial charge is 0.452 e. The van der Waals surface area contributed by atoms with E-state index < -0.39 is 5.97 Å². The van der Waals surface area contributed by atoms with E-state index in [0.717, 1.165) is 25.7 Å². The molecule has 23 heavy (non-hydrogen) atoms. The Labute approximate surface area is 137 Å². The average Bonchev–Trinajstić information content (AvgIpc) is 2.59. The molecule has 5 nitrogen and oxygen atoms in total. The molecular formula is C18H24N2O3. The summed E-state index contributed by atoms with van der Waals surface area (Å²) in [6.45, 7) is 4.58. The highest BCUT2D eigenvalue weighted by molar-refractivity contribution is 5.91. The SMILES string of the molecule is CCCC[C@@H](CC)CNC(=O)COC(=O)c1ccc(C#N)cc1. The van der Waals surface area contributed by atoms with Gasteiger partial charge in [0.05, 0.1) is 17.2 Å². The van der Waals surface area contributed by atoms with Crippen LogP contribution in [-0.2, 0) is 9.53 Å². The minimum Gasteiger partial charge on any atom is -0.452 e. The Morgan fingerprint density at radius 1 is 1.26 bits per heavy atom. The number of amides is 1. The highest BCUT2D eigenvalue weighted by atomic mass is 16.5. The molecule has 1 aromatic carbocycles. The number of esters is 1. The van der Waals surface area contributed by atoms with Crippen LogP contribution in [0, 0.1) is 17.2 Å². The van der Waals surface area contributed by atoms with E-state index in [4.69, 9.17) is 10.00 Å². The molecule has 0 saturated carbocycles. The highest BCUT2D eigenvalue weighted by Crippen LogP contribution is 2.11. The number of carbonyl (C=O) groups excluding carboxylic acids is 2. The van der Waals surface area contributed by atoms with Crippen molar-refractivity contribution in [3.8, 4) is 6.07 Å². The molecule has 124 valence electrons. The molecule has 0 bridgehead atoms. The molecule has 1 atom stereocenters. The Morgan fingerprint density at radius 2 is 1.96 bits per heavy atom. The molecule has 0 aromatic heterocycles. The fourth-order valence-electron chi connectivity index (χ4n) is 2.15. The van der Waals surface area contributed by atoms with Crippen molar-refractivity contribution in [2.24, 2.45) is 5.92 Å². The Kier molecular flexibility index (Phi) is 8.45. The number of ether oxygens (including phenoxy) is 1. The van der Waals surface area contributed by atoms with Crippen LogP contribution in [0.4, 0.5) is 0 Å². The van der Waals surface area contributed by atoms with Crippen molar-refractivity contribution >= 4 is 11.9 Å². The first-order chi connectivity index (χ1) is 11.1. The quantitative estimate of drug-likeness (QED) is 0.710. The van der Waals surface area contributed by atoms with E-state index in [1.165, 1.54) is 24.3 Å². The van der Waals surface area contributed by atoms with Gasteiger partial charge in [0.15, 0.2) is 6.61 Å². The standard InChI is InChI=1S/C18H24N2O3/c1-3-5-6-14(4-2)12-20-17(21)13-23-18(22)16-9-7-15(11-19)8-10-16/h7-10,14H,3-6,12-13H2,1-2H3,(H,20,21)/t14-/m1/s1. The van der Waals surface area contributed by atoms with E-state index in [-0.39, 0.29) is 12.5 Å². The van der Waals surface area contributed by atoms with Gasteiger partial charge in [0.1, 0.15) is 0 Å². The number of nitriles is 1. The van der Waals surface area contributed by atoms with Crippen molar-refractivity contribution in [2.45, 2.75) is 39.5 Å². The zero-order valence-electron chi connectivity index (χ0n) is 13.8. The second-order valence-electron chi connectivity index (χ2n) is 5.49. The maximum absolute atomic E-state index is 11.8. The smallest absolute Gasteiger partial charge is 0.338 e. The lowest BCUT2D eigenvalue weighted by Crippen LogP contribution is -2.32. The Bertz CT molecular complexity index is 546. The molecule has 0 saturated heterocycles. The molecule has 1 rings (SSSR count). The van der Waals surface area contributed by atoms with Gasteiger partial charge in [0, 0.05) is 6.54 Å². The molecule has 0 aliphatic heterocycles. The van der Waals surface area contributed by atoms with Crippen LogP contribution in [0.25, 0.3) is 0 Å². The maximum atomic E-state index is 11.8. The first-order valence-electron chi connectivity index (χ1n) is 8.04. The van der Waals surface area contributed by atoms with Crippen LogP contribution in [0.3, 0.4) is 0 Å². The zero-order valence-corrected chi connectivity index (χ0v) is 13.8. The second kappa shape index (κ2) is 10.4. The highest BCUT2D eigenvalue weighted by Gasteiger charge is 2.12. The molecule has 1 N–H and O–H groups in total. The lowest BCUT2D eigenvalue weighted by Gasteiger charge is -2.15. The summed E-state index contributed by atoms with van der Waals surface area (Å²) in [6.07, 6.45) is 4.42. The van der Waals surface area contributed by atoms with Gasteiger partial charge in [-0.05, 0) is 36.6 Å². The normalized spacial score (nSPS) is 11.3. The molecule has 0 spiro atoms. The zero-order chi connectivity index (χ0) is 17.1. The first kappa shape index (κ1) is 18.7. The first-order valence-corrected chi connectivity index (χ1v) is 8.04. The summed E-state index contributed by atoms with van der Waals surface area (Å²) < 4.78 is 4.98. The summed E-state index contributed by atoms with van der Waals surface area (Å²) in [5, 5.41) is 11.5. The molecule has 0 fully saturated rings. The van der Waals surface area contributed by atoms with Gasteiger partial charge in [-0.1, -0.05) is 33.1 Å². The Morgan fingerprint density at radius 3 is 2.52 bits per heavy atom.